The van der Waals surface area contributed by atoms with E-state index in [9.17, 15) is 14.0 Å². The van der Waals surface area contributed by atoms with Crippen LogP contribution in [0.4, 0.5) is 4.39 Å². The van der Waals surface area contributed by atoms with Crippen molar-refractivity contribution in [3.05, 3.63) is 65.0 Å². The van der Waals surface area contributed by atoms with E-state index in [1.54, 1.807) is 6.07 Å². The number of carbonyl (C=O) groups is 2. The van der Waals surface area contributed by atoms with E-state index in [2.05, 4.69) is 0 Å². The minimum atomic E-state index is -1.22. The van der Waals surface area contributed by atoms with Gasteiger partial charge in [0.15, 0.2) is 5.78 Å². The highest BCUT2D eigenvalue weighted by Crippen LogP contribution is 2.24. The van der Waals surface area contributed by atoms with E-state index in [0.29, 0.717) is 0 Å². The zero-order chi connectivity index (χ0) is 14.7. The Morgan fingerprint density at radius 1 is 1.05 bits per heavy atom. The van der Waals surface area contributed by atoms with Gasteiger partial charge in [-0.2, -0.15) is 0 Å². The lowest BCUT2D eigenvalue weighted by atomic mass is 9.97. The number of hydrogen-bond donors (Lipinski definition) is 1. The van der Waals surface area contributed by atoms with Gasteiger partial charge >= 0.3 is 5.97 Å². The summed E-state index contributed by atoms with van der Waals surface area (Å²) in [5.74, 6) is -2.22. The summed E-state index contributed by atoms with van der Waals surface area (Å²) in [6.07, 6.45) is 0. The average Bonchev–Trinajstić information content (AvgIpc) is 2.46. The Labute approximate surface area is 114 Å². The van der Waals surface area contributed by atoms with Crippen LogP contribution in [0.5, 0.6) is 5.75 Å². The number of methoxy groups -OCH3 is 1. The van der Waals surface area contributed by atoms with Crippen LogP contribution >= 0.6 is 0 Å². The fraction of sp³-hybridized carbons (Fsp3) is 0.0667. The third kappa shape index (κ3) is 2.51. The largest absolute Gasteiger partial charge is 0.496 e. The Hall–Kier alpha value is -2.69. The lowest BCUT2D eigenvalue weighted by molar-refractivity contribution is 0.0692. The minimum Gasteiger partial charge on any atom is -0.496 e. The predicted octanol–water partition coefficient (Wildman–Crippen LogP) is 2.76. The summed E-state index contributed by atoms with van der Waals surface area (Å²) in [5, 5.41) is 9.08. The van der Waals surface area contributed by atoms with E-state index >= 15 is 0 Å². The first-order valence-electron chi connectivity index (χ1n) is 5.75. The molecule has 0 atom stereocenters. The van der Waals surface area contributed by atoms with Crippen LogP contribution in [0.2, 0.25) is 0 Å². The second-order valence-electron chi connectivity index (χ2n) is 4.02. The van der Waals surface area contributed by atoms with Crippen LogP contribution in [-0.4, -0.2) is 24.0 Å². The molecule has 0 heterocycles. The van der Waals surface area contributed by atoms with E-state index in [0.717, 1.165) is 6.07 Å². The molecule has 5 heteroatoms. The van der Waals surface area contributed by atoms with Crippen molar-refractivity contribution in [1.29, 1.82) is 0 Å². The number of carbonyl (C=O) groups excluding carboxylic acids is 1. The molecule has 2 aromatic rings. The Morgan fingerprint density at radius 2 is 1.70 bits per heavy atom. The number of rotatable bonds is 4. The van der Waals surface area contributed by atoms with Crippen molar-refractivity contribution >= 4 is 11.8 Å². The molecule has 0 saturated carbocycles. The van der Waals surface area contributed by atoms with Gasteiger partial charge in [-0.25, -0.2) is 9.18 Å². The van der Waals surface area contributed by atoms with E-state index in [-0.39, 0.29) is 22.4 Å². The van der Waals surface area contributed by atoms with E-state index in [1.807, 2.05) is 0 Å². The van der Waals surface area contributed by atoms with Gasteiger partial charge < -0.3 is 9.84 Å². The van der Waals surface area contributed by atoms with Crippen LogP contribution in [0, 0.1) is 5.82 Å². The number of halogens is 1. The van der Waals surface area contributed by atoms with Crippen LogP contribution in [-0.2, 0) is 0 Å². The smallest absolute Gasteiger partial charge is 0.336 e. The predicted molar refractivity (Wildman–Crippen MR) is 69.8 cm³/mol. The maximum Gasteiger partial charge on any atom is 0.336 e. The topological polar surface area (TPSA) is 63.6 Å². The molecule has 0 unspecified atom stereocenters. The zero-order valence-corrected chi connectivity index (χ0v) is 10.6. The summed E-state index contributed by atoms with van der Waals surface area (Å²) in [7, 11) is 1.35. The molecule has 0 aliphatic rings. The molecule has 0 spiro atoms. The first kappa shape index (κ1) is 13.7. The summed E-state index contributed by atoms with van der Waals surface area (Å²) in [6.45, 7) is 0. The molecule has 102 valence electrons. The van der Waals surface area contributed by atoms with E-state index < -0.39 is 17.6 Å². The number of hydrogen-bond acceptors (Lipinski definition) is 3. The van der Waals surface area contributed by atoms with Crippen molar-refractivity contribution in [2.24, 2.45) is 0 Å². The SMILES string of the molecule is COc1ccc(F)cc1C(=O)c1ccccc1C(=O)O. The third-order valence-corrected chi connectivity index (χ3v) is 2.81. The summed E-state index contributed by atoms with van der Waals surface area (Å²) in [4.78, 5) is 23.5. The van der Waals surface area contributed by atoms with Crippen LogP contribution < -0.4 is 4.74 Å². The number of ether oxygens (including phenoxy) is 1. The molecule has 0 radical (unpaired) electrons. The molecule has 2 aromatic carbocycles. The third-order valence-electron chi connectivity index (χ3n) is 2.81. The van der Waals surface area contributed by atoms with Gasteiger partial charge in [-0.05, 0) is 24.3 Å². The number of carboxylic acid groups (broad SMARTS) is 1. The maximum atomic E-state index is 13.3. The quantitative estimate of drug-likeness (QED) is 0.871. The molecule has 0 bridgehead atoms. The Morgan fingerprint density at radius 3 is 2.30 bits per heavy atom. The van der Waals surface area contributed by atoms with Gasteiger partial charge in [0, 0.05) is 5.56 Å². The van der Waals surface area contributed by atoms with Gasteiger partial charge in [-0.15, -0.1) is 0 Å². The fourth-order valence-electron chi connectivity index (χ4n) is 1.87. The van der Waals surface area contributed by atoms with Gasteiger partial charge in [0.2, 0.25) is 0 Å². The highest BCUT2D eigenvalue weighted by molar-refractivity contribution is 6.15. The molecule has 0 aromatic heterocycles. The lowest BCUT2D eigenvalue weighted by Gasteiger charge is -2.09. The maximum absolute atomic E-state index is 13.3. The number of benzene rings is 2. The molecule has 4 nitrogen and oxygen atoms in total. The first-order chi connectivity index (χ1) is 9.54. The van der Waals surface area contributed by atoms with Crippen molar-refractivity contribution in [1.82, 2.24) is 0 Å². The number of aromatic carboxylic acids is 1. The monoisotopic (exact) mass is 274 g/mol. The molecule has 0 fully saturated rings. The van der Waals surface area contributed by atoms with Crippen LogP contribution in [0.15, 0.2) is 42.5 Å². The zero-order valence-electron chi connectivity index (χ0n) is 10.6. The Kier molecular flexibility index (Phi) is 3.79. The van der Waals surface area contributed by atoms with E-state index in [4.69, 9.17) is 9.84 Å². The molecular weight excluding hydrogens is 263 g/mol. The van der Waals surface area contributed by atoms with Crippen LogP contribution in [0.3, 0.4) is 0 Å². The van der Waals surface area contributed by atoms with Crippen molar-refractivity contribution in [3.63, 3.8) is 0 Å². The fourth-order valence-corrected chi connectivity index (χ4v) is 1.87. The average molecular weight is 274 g/mol. The highest BCUT2D eigenvalue weighted by atomic mass is 19.1. The summed E-state index contributed by atoms with van der Waals surface area (Å²) < 4.78 is 18.3. The second kappa shape index (κ2) is 5.52. The van der Waals surface area contributed by atoms with Crippen molar-refractivity contribution < 1.29 is 23.8 Å². The van der Waals surface area contributed by atoms with Gasteiger partial charge in [0.05, 0.1) is 18.2 Å². The Balaban J connectivity index is 2.57. The van der Waals surface area contributed by atoms with Crippen LogP contribution in [0.1, 0.15) is 26.3 Å². The van der Waals surface area contributed by atoms with Gasteiger partial charge in [0.1, 0.15) is 11.6 Å². The normalized spacial score (nSPS) is 10.1. The first-order valence-corrected chi connectivity index (χ1v) is 5.75. The summed E-state index contributed by atoms with van der Waals surface area (Å²) in [6, 6.07) is 9.29. The van der Waals surface area contributed by atoms with Gasteiger partial charge in [-0.3, -0.25) is 4.79 Å². The summed E-state index contributed by atoms with van der Waals surface area (Å²) in [5.41, 5.74) is -0.158. The highest BCUT2D eigenvalue weighted by Gasteiger charge is 2.20. The molecule has 2 rings (SSSR count). The number of carboxylic acids is 1. The van der Waals surface area contributed by atoms with Gasteiger partial charge in [-0.1, -0.05) is 18.2 Å². The van der Waals surface area contributed by atoms with Crippen molar-refractivity contribution in [3.8, 4) is 5.75 Å². The molecule has 0 saturated heterocycles. The number of ketones is 1. The molecule has 0 aliphatic heterocycles. The van der Waals surface area contributed by atoms with Crippen molar-refractivity contribution in [2.45, 2.75) is 0 Å². The van der Waals surface area contributed by atoms with Gasteiger partial charge in [0.25, 0.3) is 0 Å². The minimum absolute atomic E-state index is 0.0103. The molecule has 1 N–H and O–H groups in total. The van der Waals surface area contributed by atoms with Crippen LogP contribution in [0.25, 0.3) is 0 Å². The molecule has 0 amide bonds. The second-order valence-corrected chi connectivity index (χ2v) is 4.02. The van der Waals surface area contributed by atoms with Crippen molar-refractivity contribution in [2.75, 3.05) is 7.11 Å². The molecule has 20 heavy (non-hydrogen) atoms. The van der Waals surface area contributed by atoms with E-state index in [1.165, 1.54) is 37.4 Å². The standard InChI is InChI=1S/C15H11FO4/c1-20-13-7-6-9(16)8-12(13)14(17)10-4-2-3-5-11(10)15(18)19/h2-8H,1H3,(H,18,19). The summed E-state index contributed by atoms with van der Waals surface area (Å²) >= 11 is 0. The Bertz CT molecular complexity index is 679. The lowest BCUT2D eigenvalue weighted by Crippen LogP contribution is -2.10. The molecule has 0 aliphatic carbocycles. The molecular formula is C15H11FO4.